The van der Waals surface area contributed by atoms with Crippen molar-refractivity contribution >= 4 is 11.3 Å². The summed E-state index contributed by atoms with van der Waals surface area (Å²) in [4.78, 5) is 4.24. The van der Waals surface area contributed by atoms with Crippen LogP contribution in [0.1, 0.15) is 32.0 Å². The van der Waals surface area contributed by atoms with Gasteiger partial charge in [-0.25, -0.2) is 4.98 Å². The molecule has 1 aromatic heterocycles. The maximum absolute atomic E-state index is 5.79. The minimum atomic E-state index is 0.0513. The number of ether oxygens (including phenoxy) is 1. The molecule has 3 nitrogen and oxygen atoms in total. The van der Waals surface area contributed by atoms with Crippen LogP contribution in [-0.2, 0) is 0 Å². The summed E-state index contributed by atoms with van der Waals surface area (Å²) >= 11 is 1.50. The topological polar surface area (TPSA) is 48.1 Å². The number of nitrogens with zero attached hydrogens (tertiary/aromatic N) is 1. The van der Waals surface area contributed by atoms with Gasteiger partial charge in [0, 0.05) is 11.4 Å². The van der Waals surface area contributed by atoms with Gasteiger partial charge >= 0.3 is 0 Å². The van der Waals surface area contributed by atoms with E-state index in [-0.39, 0.29) is 6.04 Å². The molecular weight excluding hydrogens is 172 g/mol. The van der Waals surface area contributed by atoms with E-state index in [4.69, 9.17) is 10.5 Å². The molecule has 0 aliphatic heterocycles. The zero-order valence-corrected chi connectivity index (χ0v) is 8.23. The van der Waals surface area contributed by atoms with E-state index < -0.39 is 0 Å². The van der Waals surface area contributed by atoms with Crippen LogP contribution < -0.4 is 10.5 Å². The summed E-state index contributed by atoms with van der Waals surface area (Å²) in [5.41, 5.74) is 6.73. The molecular formula is C8H14N2OS. The van der Waals surface area contributed by atoms with Gasteiger partial charge in [-0.1, -0.05) is 18.3 Å². The molecule has 1 unspecified atom stereocenters. The fourth-order valence-corrected chi connectivity index (χ4v) is 1.63. The predicted octanol–water partition coefficient (Wildman–Crippen LogP) is 1.95. The van der Waals surface area contributed by atoms with Crippen molar-refractivity contribution in [2.45, 2.75) is 26.3 Å². The Kier molecular flexibility index (Phi) is 3.49. The smallest absolute Gasteiger partial charge is 0.273 e. The minimum absolute atomic E-state index is 0.0513. The quantitative estimate of drug-likeness (QED) is 0.781. The number of hydrogen-bond acceptors (Lipinski definition) is 4. The highest BCUT2D eigenvalue weighted by molar-refractivity contribution is 7.11. The van der Waals surface area contributed by atoms with Crippen LogP contribution in [0.5, 0.6) is 5.19 Å². The van der Waals surface area contributed by atoms with Crippen molar-refractivity contribution in [3.63, 3.8) is 0 Å². The second-order valence-electron chi connectivity index (χ2n) is 2.49. The van der Waals surface area contributed by atoms with Crippen molar-refractivity contribution in [3.8, 4) is 5.19 Å². The van der Waals surface area contributed by atoms with E-state index in [9.17, 15) is 0 Å². The lowest BCUT2D eigenvalue weighted by atomic mass is 10.2. The minimum Gasteiger partial charge on any atom is -0.470 e. The summed E-state index contributed by atoms with van der Waals surface area (Å²) in [5.74, 6) is 0. The molecule has 1 heterocycles. The standard InChI is InChI=1S/C8H14N2OS/c1-3-6(9)7-5-12-8(10-7)11-4-2/h5-6H,3-4,9H2,1-2H3. The van der Waals surface area contributed by atoms with Crippen molar-refractivity contribution in [2.75, 3.05) is 6.61 Å². The molecule has 2 N–H and O–H groups in total. The molecule has 0 spiro atoms. The maximum Gasteiger partial charge on any atom is 0.273 e. The van der Waals surface area contributed by atoms with Crippen molar-refractivity contribution in [1.82, 2.24) is 4.98 Å². The van der Waals surface area contributed by atoms with Crippen molar-refractivity contribution in [2.24, 2.45) is 5.73 Å². The van der Waals surface area contributed by atoms with E-state index in [1.165, 1.54) is 11.3 Å². The van der Waals surface area contributed by atoms with Gasteiger partial charge in [-0.2, -0.15) is 0 Å². The Morgan fingerprint density at radius 3 is 3.00 bits per heavy atom. The molecule has 0 bridgehead atoms. The first-order valence-corrected chi connectivity index (χ1v) is 4.99. The van der Waals surface area contributed by atoms with Gasteiger partial charge < -0.3 is 10.5 Å². The molecule has 0 fully saturated rings. The second kappa shape index (κ2) is 4.42. The highest BCUT2D eigenvalue weighted by Crippen LogP contribution is 2.22. The molecule has 68 valence electrons. The summed E-state index contributed by atoms with van der Waals surface area (Å²) in [6, 6.07) is 0.0513. The fraction of sp³-hybridized carbons (Fsp3) is 0.625. The Morgan fingerprint density at radius 2 is 2.42 bits per heavy atom. The van der Waals surface area contributed by atoms with Crippen LogP contribution in [0.15, 0.2) is 5.38 Å². The lowest BCUT2D eigenvalue weighted by Crippen LogP contribution is -2.08. The molecule has 1 aromatic rings. The first-order valence-electron chi connectivity index (χ1n) is 4.11. The normalized spacial score (nSPS) is 12.9. The third-order valence-electron chi connectivity index (χ3n) is 1.59. The third-order valence-corrected chi connectivity index (χ3v) is 2.36. The van der Waals surface area contributed by atoms with Gasteiger partial charge in [0.2, 0.25) is 0 Å². The lowest BCUT2D eigenvalue weighted by molar-refractivity contribution is 0.337. The molecule has 0 aliphatic rings. The molecule has 4 heteroatoms. The molecule has 1 atom stereocenters. The second-order valence-corrected chi connectivity index (χ2v) is 3.31. The van der Waals surface area contributed by atoms with Gasteiger partial charge in [-0.15, -0.1) is 0 Å². The Bertz CT molecular complexity index is 237. The van der Waals surface area contributed by atoms with Gasteiger partial charge in [-0.3, -0.25) is 0 Å². The van der Waals surface area contributed by atoms with Gasteiger partial charge in [-0.05, 0) is 13.3 Å². The van der Waals surface area contributed by atoms with Gasteiger partial charge in [0.05, 0.1) is 12.3 Å². The zero-order chi connectivity index (χ0) is 8.97. The van der Waals surface area contributed by atoms with E-state index in [0.29, 0.717) is 6.61 Å². The van der Waals surface area contributed by atoms with E-state index >= 15 is 0 Å². The van der Waals surface area contributed by atoms with Gasteiger partial charge in [0.15, 0.2) is 0 Å². The molecule has 12 heavy (non-hydrogen) atoms. The number of rotatable bonds is 4. The first kappa shape index (κ1) is 9.48. The van der Waals surface area contributed by atoms with Crippen LogP contribution in [0, 0.1) is 0 Å². The van der Waals surface area contributed by atoms with Gasteiger partial charge in [0.1, 0.15) is 0 Å². The van der Waals surface area contributed by atoms with Crippen LogP contribution in [-0.4, -0.2) is 11.6 Å². The van der Waals surface area contributed by atoms with Gasteiger partial charge in [0.25, 0.3) is 5.19 Å². The Labute approximate surface area is 76.6 Å². The number of thiazole rings is 1. The number of hydrogen-bond donors (Lipinski definition) is 1. The first-order chi connectivity index (χ1) is 5.77. The van der Waals surface area contributed by atoms with Crippen LogP contribution in [0.4, 0.5) is 0 Å². The average Bonchev–Trinajstić information content (AvgIpc) is 2.52. The molecule has 0 aromatic carbocycles. The Morgan fingerprint density at radius 1 is 1.67 bits per heavy atom. The highest BCUT2D eigenvalue weighted by Gasteiger charge is 2.08. The monoisotopic (exact) mass is 186 g/mol. The summed E-state index contributed by atoms with van der Waals surface area (Å²) in [6.45, 7) is 4.65. The summed E-state index contributed by atoms with van der Waals surface area (Å²) in [5, 5.41) is 2.68. The number of aromatic nitrogens is 1. The van der Waals surface area contributed by atoms with E-state index in [0.717, 1.165) is 17.3 Å². The van der Waals surface area contributed by atoms with E-state index in [2.05, 4.69) is 4.98 Å². The average molecular weight is 186 g/mol. The SMILES string of the molecule is CCOc1nc(C(N)CC)cs1. The highest BCUT2D eigenvalue weighted by atomic mass is 32.1. The third kappa shape index (κ3) is 2.19. The Balaban J connectivity index is 2.63. The van der Waals surface area contributed by atoms with E-state index in [1.807, 2.05) is 19.2 Å². The van der Waals surface area contributed by atoms with Crippen LogP contribution in [0.3, 0.4) is 0 Å². The molecule has 0 aliphatic carbocycles. The zero-order valence-electron chi connectivity index (χ0n) is 7.41. The van der Waals surface area contributed by atoms with Crippen LogP contribution in [0.25, 0.3) is 0 Å². The van der Waals surface area contributed by atoms with E-state index in [1.54, 1.807) is 0 Å². The molecule has 1 rings (SSSR count). The molecule has 0 amide bonds. The lowest BCUT2D eigenvalue weighted by Gasteiger charge is -2.02. The maximum atomic E-state index is 5.79. The Hall–Kier alpha value is -0.610. The summed E-state index contributed by atoms with van der Waals surface area (Å²) in [7, 11) is 0. The fourth-order valence-electron chi connectivity index (χ4n) is 0.838. The van der Waals surface area contributed by atoms with Crippen molar-refractivity contribution in [1.29, 1.82) is 0 Å². The summed E-state index contributed by atoms with van der Waals surface area (Å²) < 4.78 is 5.23. The predicted molar refractivity (Wildman–Crippen MR) is 50.5 cm³/mol. The molecule has 0 saturated heterocycles. The number of nitrogens with two attached hydrogens (primary N) is 1. The van der Waals surface area contributed by atoms with Crippen LogP contribution in [0.2, 0.25) is 0 Å². The van der Waals surface area contributed by atoms with Crippen molar-refractivity contribution < 1.29 is 4.74 Å². The van der Waals surface area contributed by atoms with Crippen LogP contribution >= 0.6 is 11.3 Å². The van der Waals surface area contributed by atoms with Crippen molar-refractivity contribution in [3.05, 3.63) is 11.1 Å². The molecule has 0 radical (unpaired) electrons. The largest absolute Gasteiger partial charge is 0.470 e. The molecule has 0 saturated carbocycles. The summed E-state index contributed by atoms with van der Waals surface area (Å²) in [6.07, 6.45) is 0.912.